The highest BCUT2D eigenvalue weighted by Crippen LogP contribution is 2.40. The highest BCUT2D eigenvalue weighted by atomic mass is 16.4. The molecule has 0 bridgehead atoms. The number of nitrogens with zero attached hydrogens (tertiary/aromatic N) is 1. The van der Waals surface area contributed by atoms with Crippen molar-refractivity contribution < 1.29 is 9.90 Å². The van der Waals surface area contributed by atoms with E-state index in [4.69, 9.17) is 0 Å². The number of aliphatic carboxylic acids is 1. The number of hydrogen-bond donors (Lipinski definition) is 2. The van der Waals surface area contributed by atoms with Gasteiger partial charge in [0.05, 0.1) is 0 Å². The molecule has 1 heterocycles. The van der Waals surface area contributed by atoms with Crippen LogP contribution >= 0.6 is 0 Å². The molecular weight excluding hydrogens is 228 g/mol. The van der Waals surface area contributed by atoms with Crippen LogP contribution in [0.4, 0.5) is 0 Å². The lowest BCUT2D eigenvalue weighted by molar-refractivity contribution is -0.147. The van der Waals surface area contributed by atoms with Gasteiger partial charge in [-0.25, -0.2) is 0 Å². The van der Waals surface area contributed by atoms with Crippen molar-refractivity contribution in [3.8, 4) is 0 Å². The van der Waals surface area contributed by atoms with Crippen LogP contribution in [-0.4, -0.2) is 48.2 Å². The maximum absolute atomic E-state index is 11.7. The summed E-state index contributed by atoms with van der Waals surface area (Å²) in [4.78, 5) is 14.0. The van der Waals surface area contributed by atoms with Gasteiger partial charge in [-0.05, 0) is 44.1 Å². The normalized spacial score (nSPS) is 33.1. The third-order valence-electron chi connectivity index (χ3n) is 4.52. The second-order valence-corrected chi connectivity index (χ2v) is 6.44. The molecule has 104 valence electrons. The third kappa shape index (κ3) is 2.69. The van der Waals surface area contributed by atoms with E-state index in [2.05, 4.69) is 24.1 Å². The summed E-state index contributed by atoms with van der Waals surface area (Å²) >= 11 is 0. The molecule has 3 unspecified atom stereocenters. The number of carbonyl (C=O) groups is 1. The van der Waals surface area contributed by atoms with Gasteiger partial charge in [-0.15, -0.1) is 0 Å². The van der Waals surface area contributed by atoms with Gasteiger partial charge in [-0.1, -0.05) is 13.8 Å². The summed E-state index contributed by atoms with van der Waals surface area (Å²) in [5.41, 5.74) is -0.725. The predicted molar refractivity (Wildman–Crippen MR) is 71.5 cm³/mol. The van der Waals surface area contributed by atoms with Crippen molar-refractivity contribution in [2.45, 2.75) is 38.6 Å². The Morgan fingerprint density at radius 2 is 1.89 bits per heavy atom. The van der Waals surface area contributed by atoms with Gasteiger partial charge in [-0.3, -0.25) is 4.79 Å². The summed E-state index contributed by atoms with van der Waals surface area (Å²) in [6.07, 6.45) is 3.36. The molecule has 1 aliphatic heterocycles. The molecule has 1 saturated heterocycles. The van der Waals surface area contributed by atoms with Crippen LogP contribution in [0.15, 0.2) is 0 Å². The molecule has 4 heteroatoms. The van der Waals surface area contributed by atoms with Crippen molar-refractivity contribution in [3.63, 3.8) is 0 Å². The zero-order valence-corrected chi connectivity index (χ0v) is 11.8. The zero-order valence-electron chi connectivity index (χ0n) is 11.8. The molecule has 2 aliphatic rings. The van der Waals surface area contributed by atoms with Crippen LogP contribution in [0, 0.1) is 17.8 Å². The first kappa shape index (κ1) is 13.8. The number of rotatable bonds is 5. The fourth-order valence-electron chi connectivity index (χ4n) is 3.61. The van der Waals surface area contributed by atoms with Crippen LogP contribution in [0.5, 0.6) is 0 Å². The maximum Gasteiger partial charge on any atom is 0.325 e. The van der Waals surface area contributed by atoms with Crippen molar-refractivity contribution >= 4 is 5.97 Å². The van der Waals surface area contributed by atoms with Gasteiger partial charge in [0, 0.05) is 19.6 Å². The van der Waals surface area contributed by atoms with Crippen LogP contribution in [0.1, 0.15) is 33.1 Å². The second-order valence-electron chi connectivity index (χ2n) is 6.44. The first-order valence-corrected chi connectivity index (χ1v) is 7.12. The molecule has 0 amide bonds. The molecule has 0 aromatic heterocycles. The summed E-state index contributed by atoms with van der Waals surface area (Å²) < 4.78 is 0. The average Bonchev–Trinajstić information content (AvgIpc) is 3.08. The minimum Gasteiger partial charge on any atom is -0.480 e. The zero-order chi connectivity index (χ0) is 13.3. The molecule has 0 spiro atoms. The largest absolute Gasteiger partial charge is 0.480 e. The van der Waals surface area contributed by atoms with Crippen molar-refractivity contribution in [1.29, 1.82) is 0 Å². The van der Waals surface area contributed by atoms with Crippen molar-refractivity contribution in [2.24, 2.45) is 17.8 Å². The lowest BCUT2D eigenvalue weighted by Gasteiger charge is -2.40. The molecule has 4 nitrogen and oxygen atoms in total. The molecule has 18 heavy (non-hydrogen) atoms. The first-order valence-electron chi connectivity index (χ1n) is 7.12. The standard InChI is InChI=1S/C14H26N2O2/c1-10-6-11(2)8-16(7-10)9-14(15-3,13(17)18)12-4-5-12/h10-12,15H,4-9H2,1-3H3,(H,17,18). The Balaban J connectivity index is 2.06. The maximum atomic E-state index is 11.7. The number of likely N-dealkylation sites (N-methyl/N-ethyl adjacent to an activating group) is 1. The smallest absolute Gasteiger partial charge is 0.325 e. The summed E-state index contributed by atoms with van der Waals surface area (Å²) in [7, 11) is 1.79. The second kappa shape index (κ2) is 5.17. The van der Waals surface area contributed by atoms with Crippen LogP contribution in [-0.2, 0) is 4.79 Å². The minimum atomic E-state index is -0.725. The Bertz CT molecular complexity index is 307. The van der Waals surface area contributed by atoms with Crippen LogP contribution in [0.25, 0.3) is 0 Å². The lowest BCUT2D eigenvalue weighted by Crippen LogP contribution is -2.61. The molecule has 0 aromatic carbocycles. The summed E-state index contributed by atoms with van der Waals surface area (Å²) in [5, 5.41) is 12.7. The van der Waals surface area contributed by atoms with E-state index in [1.807, 2.05) is 0 Å². The number of carboxylic acid groups (broad SMARTS) is 1. The summed E-state index contributed by atoms with van der Waals surface area (Å²) in [6.45, 7) is 7.25. The van der Waals surface area contributed by atoms with Crippen LogP contribution < -0.4 is 5.32 Å². The van der Waals surface area contributed by atoms with Gasteiger partial charge in [-0.2, -0.15) is 0 Å². The van der Waals surface area contributed by atoms with E-state index in [1.165, 1.54) is 6.42 Å². The minimum absolute atomic E-state index is 0.313. The number of likely N-dealkylation sites (tertiary alicyclic amines) is 1. The van der Waals surface area contributed by atoms with Crippen molar-refractivity contribution in [2.75, 3.05) is 26.7 Å². The van der Waals surface area contributed by atoms with Crippen LogP contribution in [0.2, 0.25) is 0 Å². The Morgan fingerprint density at radius 3 is 2.28 bits per heavy atom. The van der Waals surface area contributed by atoms with Gasteiger partial charge in [0.1, 0.15) is 5.54 Å². The highest BCUT2D eigenvalue weighted by Gasteiger charge is 2.51. The quantitative estimate of drug-likeness (QED) is 0.779. The Hall–Kier alpha value is -0.610. The monoisotopic (exact) mass is 254 g/mol. The lowest BCUT2D eigenvalue weighted by atomic mass is 9.87. The Labute approximate surface area is 110 Å². The molecule has 1 aliphatic carbocycles. The van der Waals surface area contributed by atoms with E-state index in [-0.39, 0.29) is 0 Å². The predicted octanol–water partition coefficient (Wildman–Crippen LogP) is 1.42. The van der Waals surface area contributed by atoms with Crippen LogP contribution in [0.3, 0.4) is 0 Å². The van der Waals surface area contributed by atoms with E-state index >= 15 is 0 Å². The van der Waals surface area contributed by atoms with Crippen molar-refractivity contribution in [3.05, 3.63) is 0 Å². The molecule has 3 atom stereocenters. The number of carboxylic acids is 1. The highest BCUT2D eigenvalue weighted by molar-refractivity contribution is 5.80. The molecule has 0 aromatic rings. The molecule has 2 N–H and O–H groups in total. The number of nitrogens with one attached hydrogen (secondary N) is 1. The SMILES string of the molecule is CNC(CN1CC(C)CC(C)C1)(C(=O)O)C1CC1. The van der Waals surface area contributed by atoms with E-state index in [0.717, 1.165) is 25.9 Å². The Morgan fingerprint density at radius 1 is 1.33 bits per heavy atom. The number of hydrogen-bond acceptors (Lipinski definition) is 3. The van der Waals surface area contributed by atoms with Gasteiger partial charge in [0.15, 0.2) is 0 Å². The fraction of sp³-hybridized carbons (Fsp3) is 0.929. The van der Waals surface area contributed by atoms with Gasteiger partial charge in [0.2, 0.25) is 0 Å². The molecular formula is C14H26N2O2. The van der Waals surface area contributed by atoms with E-state index in [0.29, 0.717) is 24.3 Å². The molecule has 1 saturated carbocycles. The van der Waals surface area contributed by atoms with Gasteiger partial charge < -0.3 is 15.3 Å². The molecule has 0 radical (unpaired) electrons. The van der Waals surface area contributed by atoms with E-state index in [9.17, 15) is 9.90 Å². The van der Waals surface area contributed by atoms with E-state index < -0.39 is 11.5 Å². The first-order chi connectivity index (χ1) is 8.48. The fourth-order valence-corrected chi connectivity index (χ4v) is 3.61. The Kier molecular flexibility index (Phi) is 3.97. The van der Waals surface area contributed by atoms with Crippen molar-refractivity contribution in [1.82, 2.24) is 10.2 Å². The number of piperidine rings is 1. The summed E-state index contributed by atoms with van der Waals surface area (Å²) in [5.74, 6) is 0.985. The molecule has 2 rings (SSSR count). The summed E-state index contributed by atoms with van der Waals surface area (Å²) in [6, 6.07) is 0. The van der Waals surface area contributed by atoms with Gasteiger partial charge in [0.25, 0.3) is 0 Å². The third-order valence-corrected chi connectivity index (χ3v) is 4.52. The van der Waals surface area contributed by atoms with E-state index in [1.54, 1.807) is 7.05 Å². The molecule has 2 fully saturated rings. The van der Waals surface area contributed by atoms with Gasteiger partial charge >= 0.3 is 5.97 Å². The average molecular weight is 254 g/mol. The topological polar surface area (TPSA) is 52.6 Å².